The second kappa shape index (κ2) is 7.48. The van der Waals surface area contributed by atoms with E-state index in [0.717, 1.165) is 0 Å². The third-order valence-electron chi connectivity index (χ3n) is 2.08. The molecule has 1 aromatic heterocycles. The standard InChI is InChI=1S/C13H17NO5/c1-9(2)19-12(15)10-5-4-6-14-11(10)13(16)18-8-7-17-3/h4-6,9H,7-8H2,1-3H3. The third-order valence-corrected chi connectivity index (χ3v) is 2.08. The molecule has 6 heteroatoms. The van der Waals surface area contributed by atoms with Crippen LogP contribution in [-0.2, 0) is 14.2 Å². The number of methoxy groups -OCH3 is 1. The summed E-state index contributed by atoms with van der Waals surface area (Å²) in [6.45, 7) is 3.84. The lowest BCUT2D eigenvalue weighted by Gasteiger charge is -2.10. The summed E-state index contributed by atoms with van der Waals surface area (Å²) in [7, 11) is 1.50. The van der Waals surface area contributed by atoms with Gasteiger partial charge in [-0.15, -0.1) is 0 Å². The van der Waals surface area contributed by atoms with Gasteiger partial charge in [-0.3, -0.25) is 0 Å². The normalized spacial score (nSPS) is 10.3. The molecule has 0 saturated heterocycles. The Bertz CT molecular complexity index is 444. The molecule has 0 bridgehead atoms. The molecule has 0 aliphatic rings. The number of hydrogen-bond acceptors (Lipinski definition) is 6. The van der Waals surface area contributed by atoms with Crippen molar-refractivity contribution in [2.75, 3.05) is 20.3 Å². The second-order valence-electron chi connectivity index (χ2n) is 3.98. The Morgan fingerprint density at radius 1 is 1.26 bits per heavy atom. The lowest BCUT2D eigenvalue weighted by Crippen LogP contribution is -2.19. The summed E-state index contributed by atoms with van der Waals surface area (Å²) in [5, 5.41) is 0. The Balaban J connectivity index is 2.83. The molecule has 19 heavy (non-hydrogen) atoms. The largest absolute Gasteiger partial charge is 0.459 e. The zero-order valence-electron chi connectivity index (χ0n) is 11.2. The predicted octanol–water partition coefficient (Wildman–Crippen LogP) is 1.45. The molecule has 0 aliphatic carbocycles. The highest BCUT2D eigenvalue weighted by Crippen LogP contribution is 2.10. The second-order valence-corrected chi connectivity index (χ2v) is 3.98. The fourth-order valence-electron chi connectivity index (χ4n) is 1.30. The van der Waals surface area contributed by atoms with Gasteiger partial charge in [0.05, 0.1) is 18.3 Å². The van der Waals surface area contributed by atoms with Crippen LogP contribution < -0.4 is 0 Å². The van der Waals surface area contributed by atoms with Crippen LogP contribution in [0.5, 0.6) is 0 Å². The molecule has 0 spiro atoms. The van der Waals surface area contributed by atoms with Gasteiger partial charge in [-0.25, -0.2) is 14.6 Å². The van der Waals surface area contributed by atoms with E-state index in [2.05, 4.69) is 4.98 Å². The van der Waals surface area contributed by atoms with Crippen molar-refractivity contribution in [3.05, 3.63) is 29.6 Å². The van der Waals surface area contributed by atoms with Gasteiger partial charge in [-0.05, 0) is 26.0 Å². The summed E-state index contributed by atoms with van der Waals surface area (Å²) in [4.78, 5) is 27.5. The first-order chi connectivity index (χ1) is 9.06. The summed E-state index contributed by atoms with van der Waals surface area (Å²) in [6.07, 6.45) is 1.14. The highest BCUT2D eigenvalue weighted by Gasteiger charge is 2.21. The van der Waals surface area contributed by atoms with Gasteiger partial charge in [0.15, 0.2) is 5.69 Å². The van der Waals surface area contributed by atoms with Gasteiger partial charge in [0.1, 0.15) is 6.61 Å². The Kier molecular flexibility index (Phi) is 5.95. The van der Waals surface area contributed by atoms with Crippen LogP contribution in [-0.4, -0.2) is 43.4 Å². The number of ether oxygens (including phenoxy) is 3. The van der Waals surface area contributed by atoms with Gasteiger partial charge >= 0.3 is 11.9 Å². The molecule has 1 heterocycles. The SMILES string of the molecule is COCCOC(=O)c1ncccc1C(=O)OC(C)C. The van der Waals surface area contributed by atoms with Gasteiger partial charge in [0, 0.05) is 13.3 Å². The van der Waals surface area contributed by atoms with Gasteiger partial charge in [-0.1, -0.05) is 0 Å². The minimum Gasteiger partial charge on any atom is -0.459 e. The zero-order valence-corrected chi connectivity index (χ0v) is 11.2. The van der Waals surface area contributed by atoms with Crippen molar-refractivity contribution >= 4 is 11.9 Å². The van der Waals surface area contributed by atoms with Crippen LogP contribution in [0.25, 0.3) is 0 Å². The van der Waals surface area contributed by atoms with E-state index < -0.39 is 11.9 Å². The average Bonchev–Trinajstić information content (AvgIpc) is 2.38. The quantitative estimate of drug-likeness (QED) is 0.573. The van der Waals surface area contributed by atoms with E-state index in [9.17, 15) is 9.59 Å². The maximum Gasteiger partial charge on any atom is 0.357 e. The highest BCUT2D eigenvalue weighted by atomic mass is 16.6. The summed E-state index contributed by atoms with van der Waals surface area (Å²) in [5.74, 6) is -1.27. The summed E-state index contributed by atoms with van der Waals surface area (Å²) < 4.78 is 14.7. The molecule has 0 radical (unpaired) electrons. The fourth-order valence-corrected chi connectivity index (χ4v) is 1.30. The molecular weight excluding hydrogens is 250 g/mol. The van der Waals surface area contributed by atoms with Gasteiger partial charge in [-0.2, -0.15) is 0 Å². The maximum absolute atomic E-state index is 11.8. The molecule has 0 atom stereocenters. The molecule has 0 aliphatic heterocycles. The molecule has 0 aromatic carbocycles. The fraction of sp³-hybridized carbons (Fsp3) is 0.462. The molecule has 0 N–H and O–H groups in total. The predicted molar refractivity (Wildman–Crippen MR) is 66.9 cm³/mol. The van der Waals surface area contributed by atoms with E-state index in [1.807, 2.05) is 0 Å². The van der Waals surface area contributed by atoms with Crippen molar-refractivity contribution in [2.24, 2.45) is 0 Å². The summed E-state index contributed by atoms with van der Waals surface area (Å²) in [6, 6.07) is 3.04. The molecule has 104 valence electrons. The minimum absolute atomic E-state index is 0.0516. The van der Waals surface area contributed by atoms with E-state index in [-0.39, 0.29) is 30.6 Å². The topological polar surface area (TPSA) is 74.7 Å². The van der Waals surface area contributed by atoms with Gasteiger partial charge < -0.3 is 14.2 Å². The molecule has 1 aromatic rings. The zero-order chi connectivity index (χ0) is 14.3. The van der Waals surface area contributed by atoms with Gasteiger partial charge in [0.2, 0.25) is 0 Å². The smallest absolute Gasteiger partial charge is 0.357 e. The van der Waals surface area contributed by atoms with E-state index in [4.69, 9.17) is 14.2 Å². The minimum atomic E-state index is -0.673. The molecule has 0 fully saturated rings. The number of carbonyl (C=O) groups is 2. The molecule has 1 rings (SSSR count). The Morgan fingerprint density at radius 3 is 2.63 bits per heavy atom. The first-order valence-corrected chi connectivity index (χ1v) is 5.88. The van der Waals surface area contributed by atoms with Crippen LogP contribution in [0.2, 0.25) is 0 Å². The van der Waals surface area contributed by atoms with Crippen LogP contribution in [0, 0.1) is 0 Å². The monoisotopic (exact) mass is 267 g/mol. The molecule has 0 amide bonds. The average molecular weight is 267 g/mol. The number of pyridine rings is 1. The molecular formula is C13H17NO5. The lowest BCUT2D eigenvalue weighted by molar-refractivity contribution is 0.0331. The number of rotatable bonds is 6. The first-order valence-electron chi connectivity index (χ1n) is 5.88. The van der Waals surface area contributed by atoms with Crippen molar-refractivity contribution < 1.29 is 23.8 Å². The van der Waals surface area contributed by atoms with Crippen LogP contribution >= 0.6 is 0 Å². The lowest BCUT2D eigenvalue weighted by atomic mass is 10.2. The number of nitrogens with zero attached hydrogens (tertiary/aromatic N) is 1. The van der Waals surface area contributed by atoms with Crippen molar-refractivity contribution in [3.8, 4) is 0 Å². The Morgan fingerprint density at radius 2 is 2.00 bits per heavy atom. The summed E-state index contributed by atoms with van der Waals surface area (Å²) >= 11 is 0. The van der Waals surface area contributed by atoms with Crippen molar-refractivity contribution in [2.45, 2.75) is 20.0 Å². The molecule has 0 saturated carbocycles. The van der Waals surface area contributed by atoms with Crippen LogP contribution in [0.15, 0.2) is 18.3 Å². The van der Waals surface area contributed by atoms with Crippen LogP contribution in [0.1, 0.15) is 34.7 Å². The first kappa shape index (κ1) is 15.1. The van der Waals surface area contributed by atoms with E-state index >= 15 is 0 Å². The number of hydrogen-bond donors (Lipinski definition) is 0. The van der Waals surface area contributed by atoms with Crippen molar-refractivity contribution in [3.63, 3.8) is 0 Å². The van der Waals surface area contributed by atoms with Crippen molar-refractivity contribution in [1.29, 1.82) is 0 Å². The van der Waals surface area contributed by atoms with Gasteiger partial charge in [0.25, 0.3) is 0 Å². The Labute approximate surface area is 111 Å². The van der Waals surface area contributed by atoms with E-state index in [1.54, 1.807) is 19.9 Å². The van der Waals surface area contributed by atoms with Crippen molar-refractivity contribution in [1.82, 2.24) is 4.98 Å². The molecule has 6 nitrogen and oxygen atoms in total. The number of carbonyl (C=O) groups excluding carboxylic acids is 2. The van der Waals surface area contributed by atoms with E-state index in [0.29, 0.717) is 0 Å². The van der Waals surface area contributed by atoms with Crippen LogP contribution in [0.3, 0.4) is 0 Å². The maximum atomic E-state index is 11.8. The van der Waals surface area contributed by atoms with Crippen LogP contribution in [0.4, 0.5) is 0 Å². The molecule has 0 unspecified atom stereocenters. The Hall–Kier alpha value is -1.95. The number of esters is 2. The number of aromatic nitrogens is 1. The van der Waals surface area contributed by atoms with E-state index in [1.165, 1.54) is 19.4 Å². The third kappa shape index (κ3) is 4.67. The highest BCUT2D eigenvalue weighted by molar-refractivity contribution is 6.01. The summed E-state index contributed by atoms with van der Waals surface area (Å²) in [5.41, 5.74) is 0.0443.